The average Bonchev–Trinajstić information content (AvgIpc) is 3.21. The van der Waals surface area contributed by atoms with E-state index in [9.17, 15) is 4.79 Å². The molecule has 0 radical (unpaired) electrons. The molecule has 0 fully saturated rings. The van der Waals surface area contributed by atoms with Gasteiger partial charge in [0.1, 0.15) is 5.75 Å². The third kappa shape index (κ3) is 3.96. The van der Waals surface area contributed by atoms with Gasteiger partial charge in [-0.15, -0.1) is 10.2 Å². The van der Waals surface area contributed by atoms with E-state index in [0.717, 1.165) is 17.0 Å². The highest BCUT2D eigenvalue weighted by Gasteiger charge is 2.14. The molecule has 2 aromatic carbocycles. The van der Waals surface area contributed by atoms with Crippen LogP contribution in [0.5, 0.6) is 17.2 Å². The number of carbonyl (C=O) groups excluding carboxylic acids is 1. The predicted molar refractivity (Wildman–Crippen MR) is 102 cm³/mol. The van der Waals surface area contributed by atoms with Crippen LogP contribution < -0.4 is 24.8 Å². The monoisotopic (exact) mass is 378 g/mol. The van der Waals surface area contributed by atoms with Crippen molar-refractivity contribution < 1.29 is 19.0 Å². The van der Waals surface area contributed by atoms with Crippen LogP contribution in [0.15, 0.2) is 54.6 Å². The molecular formula is C20H18N4O4. The van der Waals surface area contributed by atoms with Crippen molar-refractivity contribution in [1.82, 2.24) is 15.5 Å². The summed E-state index contributed by atoms with van der Waals surface area (Å²) < 4.78 is 15.7. The summed E-state index contributed by atoms with van der Waals surface area (Å²) in [7, 11) is 1.61. The number of methoxy groups -OCH3 is 1. The summed E-state index contributed by atoms with van der Waals surface area (Å²) >= 11 is 0. The molecule has 1 aliphatic heterocycles. The second kappa shape index (κ2) is 7.83. The number of amides is 1. The Morgan fingerprint density at radius 2 is 1.86 bits per heavy atom. The Bertz CT molecular complexity index is 975. The maximum Gasteiger partial charge on any atom is 0.272 e. The Balaban J connectivity index is 1.35. The Labute approximate surface area is 161 Å². The summed E-state index contributed by atoms with van der Waals surface area (Å²) in [4.78, 5) is 12.2. The van der Waals surface area contributed by atoms with Crippen LogP contribution in [0.25, 0.3) is 0 Å². The number of nitrogens with zero attached hydrogens (tertiary/aromatic N) is 2. The number of carbonyl (C=O) groups is 1. The van der Waals surface area contributed by atoms with E-state index in [0.29, 0.717) is 23.9 Å². The third-order valence-electron chi connectivity index (χ3n) is 4.15. The highest BCUT2D eigenvalue weighted by atomic mass is 16.7. The van der Waals surface area contributed by atoms with Crippen molar-refractivity contribution in [3.63, 3.8) is 0 Å². The first kappa shape index (κ1) is 17.6. The molecule has 0 atom stereocenters. The number of rotatable bonds is 6. The molecule has 0 bridgehead atoms. The van der Waals surface area contributed by atoms with E-state index in [-0.39, 0.29) is 18.4 Å². The lowest BCUT2D eigenvalue weighted by molar-refractivity contribution is 0.0945. The van der Waals surface area contributed by atoms with Crippen molar-refractivity contribution in [1.29, 1.82) is 0 Å². The Kier molecular flexibility index (Phi) is 4.92. The SMILES string of the molecule is COc1ccc(CNC(=O)c2ccc(Nc3ccc4c(c3)OCO4)nn2)cc1. The highest BCUT2D eigenvalue weighted by Crippen LogP contribution is 2.34. The topological polar surface area (TPSA) is 94.6 Å². The zero-order valence-corrected chi connectivity index (χ0v) is 15.1. The van der Waals surface area contributed by atoms with Crippen molar-refractivity contribution >= 4 is 17.4 Å². The van der Waals surface area contributed by atoms with Crippen LogP contribution in [0, 0.1) is 0 Å². The second-order valence-electron chi connectivity index (χ2n) is 6.03. The molecule has 8 heteroatoms. The van der Waals surface area contributed by atoms with Gasteiger partial charge in [-0.25, -0.2) is 0 Å². The summed E-state index contributed by atoms with van der Waals surface area (Å²) in [6.45, 7) is 0.612. The molecular weight excluding hydrogens is 360 g/mol. The minimum Gasteiger partial charge on any atom is -0.497 e. The zero-order valence-electron chi connectivity index (χ0n) is 15.1. The van der Waals surface area contributed by atoms with Crippen molar-refractivity contribution in [2.24, 2.45) is 0 Å². The second-order valence-corrected chi connectivity index (χ2v) is 6.03. The minimum absolute atomic E-state index is 0.221. The van der Waals surface area contributed by atoms with Crippen molar-refractivity contribution in [2.45, 2.75) is 6.54 Å². The van der Waals surface area contributed by atoms with E-state index in [1.165, 1.54) is 0 Å². The molecule has 1 amide bonds. The van der Waals surface area contributed by atoms with E-state index in [1.807, 2.05) is 42.5 Å². The molecule has 0 spiro atoms. The Hall–Kier alpha value is -3.81. The van der Waals surface area contributed by atoms with Crippen LogP contribution >= 0.6 is 0 Å². The summed E-state index contributed by atoms with van der Waals surface area (Å²) in [5, 5.41) is 14.0. The fraction of sp³-hybridized carbons (Fsp3) is 0.150. The van der Waals surface area contributed by atoms with Gasteiger partial charge in [0, 0.05) is 18.3 Å². The molecule has 0 aliphatic carbocycles. The molecule has 142 valence electrons. The van der Waals surface area contributed by atoms with Gasteiger partial charge in [0.2, 0.25) is 6.79 Å². The van der Waals surface area contributed by atoms with Crippen LogP contribution in [0.3, 0.4) is 0 Å². The molecule has 0 saturated heterocycles. The number of fused-ring (bicyclic) bond motifs is 1. The predicted octanol–water partition coefficient (Wildman–Crippen LogP) is 2.89. The average molecular weight is 378 g/mol. The summed E-state index contributed by atoms with van der Waals surface area (Å²) in [5.41, 5.74) is 1.99. The summed E-state index contributed by atoms with van der Waals surface area (Å²) in [6, 6.07) is 16.3. The zero-order chi connectivity index (χ0) is 19.3. The smallest absolute Gasteiger partial charge is 0.272 e. The van der Waals surface area contributed by atoms with E-state index in [4.69, 9.17) is 14.2 Å². The normalized spacial score (nSPS) is 11.8. The Morgan fingerprint density at radius 1 is 1.04 bits per heavy atom. The van der Waals surface area contributed by atoms with Gasteiger partial charge in [-0.05, 0) is 42.0 Å². The van der Waals surface area contributed by atoms with Gasteiger partial charge in [0.25, 0.3) is 5.91 Å². The number of anilines is 2. The van der Waals surface area contributed by atoms with E-state index in [1.54, 1.807) is 19.2 Å². The largest absolute Gasteiger partial charge is 0.497 e. The van der Waals surface area contributed by atoms with Crippen LogP contribution in [-0.2, 0) is 6.54 Å². The first-order valence-corrected chi connectivity index (χ1v) is 8.63. The molecule has 0 saturated carbocycles. The van der Waals surface area contributed by atoms with Gasteiger partial charge in [-0.3, -0.25) is 4.79 Å². The fourth-order valence-corrected chi connectivity index (χ4v) is 2.66. The van der Waals surface area contributed by atoms with Gasteiger partial charge in [0.05, 0.1) is 7.11 Å². The number of ether oxygens (including phenoxy) is 3. The van der Waals surface area contributed by atoms with Crippen molar-refractivity contribution in [2.75, 3.05) is 19.2 Å². The molecule has 1 aromatic heterocycles. The highest BCUT2D eigenvalue weighted by molar-refractivity contribution is 5.92. The number of nitrogens with one attached hydrogen (secondary N) is 2. The number of hydrogen-bond donors (Lipinski definition) is 2. The van der Waals surface area contributed by atoms with Crippen LogP contribution in [0.1, 0.15) is 16.1 Å². The number of benzene rings is 2. The molecule has 28 heavy (non-hydrogen) atoms. The van der Waals surface area contributed by atoms with Gasteiger partial charge < -0.3 is 24.8 Å². The molecule has 2 N–H and O–H groups in total. The number of hydrogen-bond acceptors (Lipinski definition) is 7. The van der Waals surface area contributed by atoms with Gasteiger partial charge >= 0.3 is 0 Å². The standard InChI is InChI=1S/C20H18N4O4/c1-26-15-5-2-13(3-6-15)11-21-20(25)16-7-9-19(24-23-16)22-14-4-8-17-18(10-14)28-12-27-17/h2-10H,11-12H2,1H3,(H,21,25)(H,22,24). The van der Waals surface area contributed by atoms with Gasteiger partial charge in [-0.2, -0.15) is 0 Å². The summed E-state index contributed by atoms with van der Waals surface area (Å²) in [6.07, 6.45) is 0. The molecule has 1 aliphatic rings. The van der Waals surface area contributed by atoms with Crippen LogP contribution in [0.4, 0.5) is 11.5 Å². The van der Waals surface area contributed by atoms with Crippen molar-refractivity contribution in [3.8, 4) is 17.2 Å². The maximum atomic E-state index is 12.2. The minimum atomic E-state index is -0.294. The molecule has 3 aromatic rings. The van der Waals surface area contributed by atoms with Gasteiger partial charge in [0.15, 0.2) is 23.0 Å². The van der Waals surface area contributed by atoms with Crippen molar-refractivity contribution in [3.05, 3.63) is 65.9 Å². The fourth-order valence-electron chi connectivity index (χ4n) is 2.66. The first-order chi connectivity index (χ1) is 13.7. The lowest BCUT2D eigenvalue weighted by Crippen LogP contribution is -2.24. The van der Waals surface area contributed by atoms with E-state index < -0.39 is 0 Å². The van der Waals surface area contributed by atoms with E-state index in [2.05, 4.69) is 20.8 Å². The maximum absolute atomic E-state index is 12.2. The number of aromatic nitrogens is 2. The first-order valence-electron chi connectivity index (χ1n) is 8.63. The molecule has 4 rings (SSSR count). The Morgan fingerprint density at radius 3 is 2.61 bits per heavy atom. The lowest BCUT2D eigenvalue weighted by atomic mass is 10.2. The molecule has 0 unspecified atom stereocenters. The quantitative estimate of drug-likeness (QED) is 0.681. The lowest BCUT2D eigenvalue weighted by Gasteiger charge is -2.08. The third-order valence-corrected chi connectivity index (χ3v) is 4.15. The summed E-state index contributed by atoms with van der Waals surface area (Å²) in [5.74, 6) is 2.38. The van der Waals surface area contributed by atoms with Crippen LogP contribution in [-0.4, -0.2) is 30.0 Å². The molecule has 8 nitrogen and oxygen atoms in total. The molecule has 2 heterocycles. The van der Waals surface area contributed by atoms with Crippen LogP contribution in [0.2, 0.25) is 0 Å². The van der Waals surface area contributed by atoms with E-state index >= 15 is 0 Å². The van der Waals surface area contributed by atoms with Gasteiger partial charge in [-0.1, -0.05) is 12.1 Å².